The van der Waals surface area contributed by atoms with E-state index in [2.05, 4.69) is 5.32 Å². The Morgan fingerprint density at radius 2 is 1.86 bits per heavy atom. The van der Waals surface area contributed by atoms with E-state index in [1.807, 2.05) is 6.92 Å². The first-order valence-electron chi connectivity index (χ1n) is 11.0. The lowest BCUT2D eigenvalue weighted by Crippen LogP contribution is -2.53. The summed E-state index contributed by atoms with van der Waals surface area (Å²) < 4.78 is 10.7. The zero-order valence-corrected chi connectivity index (χ0v) is 17.4. The molecule has 8 nitrogen and oxygen atoms in total. The van der Waals surface area contributed by atoms with Gasteiger partial charge in [-0.3, -0.25) is 9.59 Å². The number of aliphatic hydroxyl groups excluding tert-OH is 1. The van der Waals surface area contributed by atoms with Crippen LogP contribution in [0.3, 0.4) is 0 Å². The van der Waals surface area contributed by atoms with Crippen molar-refractivity contribution in [2.45, 2.75) is 102 Å². The fraction of sp³-hybridized carbons (Fsp3) is 0.857. The minimum Gasteiger partial charge on any atom is -0.462 e. The first-order chi connectivity index (χ1) is 13.9. The zero-order valence-electron chi connectivity index (χ0n) is 17.4. The minimum absolute atomic E-state index is 0.0128. The first-order valence-corrected chi connectivity index (χ1v) is 11.0. The summed E-state index contributed by atoms with van der Waals surface area (Å²) in [5, 5.41) is 13.4. The van der Waals surface area contributed by atoms with Crippen LogP contribution in [0.4, 0.5) is 0 Å². The maximum Gasteiger partial charge on any atom is 0.337 e. The summed E-state index contributed by atoms with van der Waals surface area (Å²) in [6.45, 7) is 1.96. The van der Waals surface area contributed by atoms with Gasteiger partial charge in [-0.1, -0.05) is 45.4 Å². The number of cyclic esters (lactones) is 2. The normalized spacial score (nSPS) is 30.9. The molecule has 8 heteroatoms. The molecule has 166 valence electrons. The number of hydrogen-bond acceptors (Lipinski definition) is 7. The van der Waals surface area contributed by atoms with Gasteiger partial charge in [0.05, 0.1) is 12.1 Å². The first kappa shape index (κ1) is 23.6. The van der Waals surface area contributed by atoms with E-state index in [9.17, 15) is 19.5 Å². The molecule has 1 aliphatic heterocycles. The molecule has 1 saturated carbocycles. The standard InChI is InChI=1S/C21H36N2O6/c1-2-3-9-15-13-28-18(24)11-10-16(22)20(26)23-17(19(25)21(27)29-15)12-14-7-5-4-6-8-14/h14-17,19,25H,2-13,22H2,1H3,(H,23,26)/t15?,16-,17-,19+/m0/s1. The Labute approximate surface area is 172 Å². The van der Waals surface area contributed by atoms with E-state index >= 15 is 0 Å². The maximum absolute atomic E-state index is 12.6. The van der Waals surface area contributed by atoms with Gasteiger partial charge in [0.1, 0.15) is 12.7 Å². The average molecular weight is 413 g/mol. The summed E-state index contributed by atoms with van der Waals surface area (Å²) in [4.78, 5) is 37.0. The monoisotopic (exact) mass is 412 g/mol. The Hall–Kier alpha value is -1.67. The second-order valence-corrected chi connectivity index (χ2v) is 8.33. The fourth-order valence-corrected chi connectivity index (χ4v) is 4.01. The van der Waals surface area contributed by atoms with Gasteiger partial charge in [0.25, 0.3) is 0 Å². The smallest absolute Gasteiger partial charge is 0.337 e. The topological polar surface area (TPSA) is 128 Å². The van der Waals surface area contributed by atoms with E-state index in [0.717, 1.165) is 38.5 Å². The molecular weight excluding hydrogens is 376 g/mol. The van der Waals surface area contributed by atoms with Crippen molar-refractivity contribution in [1.82, 2.24) is 5.32 Å². The molecule has 0 aromatic heterocycles. The molecule has 1 saturated heterocycles. The highest BCUT2D eigenvalue weighted by Gasteiger charge is 2.34. The van der Waals surface area contributed by atoms with E-state index in [1.54, 1.807) is 0 Å². The molecule has 2 fully saturated rings. The SMILES string of the molecule is CCCCC1COC(=O)CC[C@H](N)C(=O)N[C@@H](CC2CCCCC2)[C@@H](O)C(=O)O1. The van der Waals surface area contributed by atoms with Crippen LogP contribution in [0.1, 0.15) is 77.6 Å². The number of nitrogens with one attached hydrogen (secondary N) is 1. The van der Waals surface area contributed by atoms with Crippen molar-refractivity contribution in [2.75, 3.05) is 6.61 Å². The van der Waals surface area contributed by atoms with Gasteiger partial charge in [-0.25, -0.2) is 4.79 Å². The van der Waals surface area contributed by atoms with Gasteiger partial charge in [0.15, 0.2) is 6.10 Å². The molecule has 1 aliphatic carbocycles. The number of carbonyl (C=O) groups is 3. The number of carbonyl (C=O) groups excluding carboxylic acids is 3. The third-order valence-corrected chi connectivity index (χ3v) is 5.85. The quantitative estimate of drug-likeness (QED) is 0.585. The van der Waals surface area contributed by atoms with Crippen LogP contribution in [0.5, 0.6) is 0 Å². The third kappa shape index (κ3) is 7.93. The van der Waals surface area contributed by atoms with Crippen molar-refractivity contribution >= 4 is 17.8 Å². The van der Waals surface area contributed by atoms with Gasteiger partial charge in [-0.2, -0.15) is 0 Å². The van der Waals surface area contributed by atoms with E-state index in [0.29, 0.717) is 18.8 Å². The molecular formula is C21H36N2O6. The number of unbranched alkanes of at least 4 members (excludes halogenated alkanes) is 1. The lowest BCUT2D eigenvalue weighted by Gasteiger charge is -2.30. The number of aliphatic hydroxyl groups is 1. The van der Waals surface area contributed by atoms with Gasteiger partial charge in [-0.05, 0) is 31.6 Å². The van der Waals surface area contributed by atoms with E-state index in [1.165, 1.54) is 6.42 Å². The summed E-state index contributed by atoms with van der Waals surface area (Å²) in [6.07, 6.45) is 6.27. The lowest BCUT2D eigenvalue weighted by molar-refractivity contribution is -0.168. The molecule has 4 atom stereocenters. The zero-order chi connectivity index (χ0) is 21.2. The number of nitrogens with two attached hydrogens (primary N) is 1. The van der Waals surface area contributed by atoms with E-state index < -0.39 is 42.1 Å². The number of hydrogen-bond donors (Lipinski definition) is 3. The molecule has 0 aromatic rings. The molecule has 1 unspecified atom stereocenters. The molecule has 1 heterocycles. The Bertz CT molecular complexity index is 549. The molecule has 0 radical (unpaired) electrons. The van der Waals surface area contributed by atoms with Crippen molar-refractivity contribution in [3.63, 3.8) is 0 Å². The fourth-order valence-electron chi connectivity index (χ4n) is 4.01. The van der Waals surface area contributed by atoms with Crippen molar-refractivity contribution in [3.8, 4) is 0 Å². The Kier molecular flexibility index (Phi) is 9.87. The molecule has 4 N–H and O–H groups in total. The molecule has 0 spiro atoms. The third-order valence-electron chi connectivity index (χ3n) is 5.85. The molecule has 2 rings (SSSR count). The van der Waals surface area contributed by atoms with Gasteiger partial charge in [0, 0.05) is 6.42 Å². The molecule has 1 amide bonds. The predicted molar refractivity (Wildman–Crippen MR) is 107 cm³/mol. The van der Waals surface area contributed by atoms with Crippen LogP contribution < -0.4 is 11.1 Å². The van der Waals surface area contributed by atoms with Crippen LogP contribution in [0.2, 0.25) is 0 Å². The molecule has 0 bridgehead atoms. The Morgan fingerprint density at radius 1 is 1.14 bits per heavy atom. The Balaban J connectivity index is 2.14. The number of esters is 2. The number of ether oxygens (including phenoxy) is 2. The summed E-state index contributed by atoms with van der Waals surface area (Å²) in [5.74, 6) is -1.42. The predicted octanol–water partition coefficient (Wildman–Crippen LogP) is 1.57. The maximum atomic E-state index is 12.6. The van der Waals surface area contributed by atoms with E-state index in [4.69, 9.17) is 15.2 Å². The van der Waals surface area contributed by atoms with Crippen LogP contribution in [-0.4, -0.2) is 53.9 Å². The van der Waals surface area contributed by atoms with Crippen LogP contribution in [0.25, 0.3) is 0 Å². The van der Waals surface area contributed by atoms with Gasteiger partial charge in [0.2, 0.25) is 5.91 Å². The average Bonchev–Trinajstić information content (AvgIpc) is 2.73. The van der Waals surface area contributed by atoms with Crippen LogP contribution in [-0.2, 0) is 23.9 Å². The van der Waals surface area contributed by atoms with Gasteiger partial charge in [-0.15, -0.1) is 0 Å². The largest absolute Gasteiger partial charge is 0.462 e. The summed E-state index contributed by atoms with van der Waals surface area (Å²) in [6, 6.07) is -1.66. The number of amides is 1. The van der Waals surface area contributed by atoms with Crippen molar-refractivity contribution in [3.05, 3.63) is 0 Å². The number of rotatable bonds is 5. The molecule has 2 aliphatic rings. The highest BCUT2D eigenvalue weighted by Crippen LogP contribution is 2.28. The van der Waals surface area contributed by atoms with Crippen LogP contribution >= 0.6 is 0 Å². The molecule has 0 aromatic carbocycles. The minimum atomic E-state index is -1.48. The summed E-state index contributed by atoms with van der Waals surface area (Å²) in [5.41, 5.74) is 5.91. The van der Waals surface area contributed by atoms with E-state index in [-0.39, 0.29) is 19.4 Å². The van der Waals surface area contributed by atoms with Gasteiger partial charge >= 0.3 is 11.9 Å². The second kappa shape index (κ2) is 12.1. The summed E-state index contributed by atoms with van der Waals surface area (Å²) >= 11 is 0. The second-order valence-electron chi connectivity index (χ2n) is 8.33. The van der Waals surface area contributed by atoms with Crippen LogP contribution in [0.15, 0.2) is 0 Å². The van der Waals surface area contributed by atoms with Crippen molar-refractivity contribution in [2.24, 2.45) is 11.7 Å². The highest BCUT2D eigenvalue weighted by atomic mass is 16.6. The highest BCUT2D eigenvalue weighted by molar-refractivity contribution is 5.84. The Morgan fingerprint density at radius 3 is 2.55 bits per heavy atom. The molecule has 29 heavy (non-hydrogen) atoms. The van der Waals surface area contributed by atoms with Crippen molar-refractivity contribution < 1.29 is 29.0 Å². The lowest BCUT2D eigenvalue weighted by atomic mass is 9.83. The summed E-state index contributed by atoms with van der Waals surface area (Å²) in [7, 11) is 0. The van der Waals surface area contributed by atoms with Crippen LogP contribution in [0, 0.1) is 5.92 Å². The van der Waals surface area contributed by atoms with Crippen molar-refractivity contribution in [1.29, 1.82) is 0 Å². The van der Waals surface area contributed by atoms with Gasteiger partial charge < -0.3 is 25.6 Å².